The van der Waals surface area contributed by atoms with E-state index in [-0.39, 0.29) is 16.3 Å². The standard InChI is InChI=1S/C20H12Cl2F2N2/c21-15-5-3-13(4-6-15)17(20-19(24)9-16(22)11-26-20)7-12-1-2-14(10-25)18(23)8-12/h1-6,8-9,11,17H,7H2. The summed E-state index contributed by atoms with van der Waals surface area (Å²) in [4.78, 5) is 4.14. The zero-order chi connectivity index (χ0) is 18.7. The van der Waals surface area contributed by atoms with Crippen molar-refractivity contribution in [1.29, 1.82) is 5.26 Å². The lowest BCUT2D eigenvalue weighted by Gasteiger charge is -2.18. The molecular weight excluding hydrogens is 377 g/mol. The van der Waals surface area contributed by atoms with Gasteiger partial charge in [-0.3, -0.25) is 4.98 Å². The summed E-state index contributed by atoms with van der Waals surface area (Å²) in [5.41, 5.74) is 1.58. The third-order valence-corrected chi connectivity index (χ3v) is 4.49. The Bertz CT molecular complexity index is 982. The fourth-order valence-electron chi connectivity index (χ4n) is 2.76. The van der Waals surface area contributed by atoms with Crippen molar-refractivity contribution in [3.05, 3.63) is 98.8 Å². The fraction of sp³-hybridized carbons (Fsp3) is 0.100. The van der Waals surface area contributed by atoms with Crippen molar-refractivity contribution in [1.82, 2.24) is 4.98 Å². The maximum atomic E-state index is 14.5. The van der Waals surface area contributed by atoms with Gasteiger partial charge in [-0.1, -0.05) is 41.4 Å². The van der Waals surface area contributed by atoms with Gasteiger partial charge in [-0.05, 0) is 47.9 Å². The molecule has 0 aliphatic heterocycles. The van der Waals surface area contributed by atoms with Crippen molar-refractivity contribution in [2.45, 2.75) is 12.3 Å². The molecule has 0 saturated carbocycles. The van der Waals surface area contributed by atoms with Gasteiger partial charge in [0.1, 0.15) is 17.7 Å². The van der Waals surface area contributed by atoms with E-state index in [0.29, 0.717) is 17.0 Å². The Kier molecular flexibility index (Phi) is 5.51. The van der Waals surface area contributed by atoms with Crippen LogP contribution >= 0.6 is 23.2 Å². The highest BCUT2D eigenvalue weighted by molar-refractivity contribution is 6.30. The highest BCUT2D eigenvalue weighted by atomic mass is 35.5. The van der Waals surface area contributed by atoms with Gasteiger partial charge in [0.05, 0.1) is 16.3 Å². The first-order valence-corrected chi connectivity index (χ1v) is 8.48. The van der Waals surface area contributed by atoms with Gasteiger partial charge in [0.25, 0.3) is 0 Å². The minimum atomic E-state index is -0.607. The molecule has 0 amide bonds. The van der Waals surface area contributed by atoms with Crippen LogP contribution in [0.3, 0.4) is 0 Å². The van der Waals surface area contributed by atoms with Crippen LogP contribution in [0.4, 0.5) is 8.78 Å². The van der Waals surface area contributed by atoms with Crippen LogP contribution in [0, 0.1) is 23.0 Å². The van der Waals surface area contributed by atoms with Crippen LogP contribution in [0.1, 0.15) is 28.3 Å². The van der Waals surface area contributed by atoms with Gasteiger partial charge in [0, 0.05) is 17.1 Å². The second-order valence-electron chi connectivity index (χ2n) is 5.75. The van der Waals surface area contributed by atoms with E-state index in [1.54, 1.807) is 36.4 Å². The molecule has 1 atom stereocenters. The highest BCUT2D eigenvalue weighted by Crippen LogP contribution is 2.31. The summed E-state index contributed by atoms with van der Waals surface area (Å²) in [5, 5.41) is 9.62. The lowest BCUT2D eigenvalue weighted by atomic mass is 9.88. The average molecular weight is 389 g/mol. The van der Waals surface area contributed by atoms with E-state index in [1.807, 2.05) is 0 Å². The van der Waals surface area contributed by atoms with Crippen molar-refractivity contribution in [3.63, 3.8) is 0 Å². The molecule has 130 valence electrons. The Morgan fingerprint density at radius 3 is 2.31 bits per heavy atom. The lowest BCUT2D eigenvalue weighted by Crippen LogP contribution is -2.10. The van der Waals surface area contributed by atoms with Crippen LogP contribution in [-0.2, 0) is 6.42 Å². The number of nitriles is 1. The molecule has 0 radical (unpaired) electrons. The van der Waals surface area contributed by atoms with E-state index in [1.165, 1.54) is 24.4 Å². The summed E-state index contributed by atoms with van der Waals surface area (Å²) in [6.45, 7) is 0. The van der Waals surface area contributed by atoms with E-state index >= 15 is 0 Å². The number of hydrogen-bond donors (Lipinski definition) is 0. The van der Waals surface area contributed by atoms with Gasteiger partial charge < -0.3 is 0 Å². The number of hydrogen-bond acceptors (Lipinski definition) is 2. The molecule has 0 saturated heterocycles. The normalized spacial score (nSPS) is 11.8. The smallest absolute Gasteiger partial charge is 0.146 e. The number of halogens is 4. The molecule has 1 aromatic heterocycles. The van der Waals surface area contributed by atoms with E-state index in [9.17, 15) is 8.78 Å². The van der Waals surface area contributed by atoms with E-state index < -0.39 is 17.6 Å². The number of pyridine rings is 1. The number of benzene rings is 2. The summed E-state index contributed by atoms with van der Waals surface area (Å²) >= 11 is 11.7. The van der Waals surface area contributed by atoms with E-state index in [4.69, 9.17) is 28.5 Å². The molecule has 26 heavy (non-hydrogen) atoms. The number of aromatic nitrogens is 1. The van der Waals surface area contributed by atoms with E-state index in [0.717, 1.165) is 5.56 Å². The van der Waals surface area contributed by atoms with Crippen LogP contribution in [0.15, 0.2) is 54.7 Å². The van der Waals surface area contributed by atoms with E-state index in [2.05, 4.69) is 4.98 Å². The average Bonchev–Trinajstić information content (AvgIpc) is 2.61. The zero-order valence-corrected chi connectivity index (χ0v) is 14.9. The van der Waals surface area contributed by atoms with Crippen molar-refractivity contribution < 1.29 is 8.78 Å². The largest absolute Gasteiger partial charge is 0.256 e. The van der Waals surface area contributed by atoms with Crippen LogP contribution in [0.2, 0.25) is 10.0 Å². The molecule has 0 fully saturated rings. The van der Waals surface area contributed by atoms with Gasteiger partial charge in [-0.15, -0.1) is 0 Å². The molecule has 0 aliphatic rings. The Balaban J connectivity index is 2.04. The maximum absolute atomic E-state index is 14.5. The minimum absolute atomic E-state index is 0.0346. The fourth-order valence-corrected chi connectivity index (χ4v) is 3.03. The second-order valence-corrected chi connectivity index (χ2v) is 6.63. The van der Waals surface area contributed by atoms with Crippen molar-refractivity contribution in [2.75, 3.05) is 0 Å². The monoisotopic (exact) mass is 388 g/mol. The van der Waals surface area contributed by atoms with Crippen molar-refractivity contribution >= 4 is 23.2 Å². The summed E-state index contributed by atoms with van der Waals surface area (Å²) in [7, 11) is 0. The van der Waals surface area contributed by atoms with Crippen molar-refractivity contribution in [3.8, 4) is 6.07 Å². The third-order valence-electron chi connectivity index (χ3n) is 4.03. The zero-order valence-electron chi connectivity index (χ0n) is 13.4. The molecule has 3 rings (SSSR count). The second kappa shape index (κ2) is 7.82. The molecule has 0 N–H and O–H groups in total. The first-order valence-electron chi connectivity index (χ1n) is 7.73. The van der Waals surface area contributed by atoms with Crippen LogP contribution in [-0.4, -0.2) is 4.98 Å². The molecule has 0 aliphatic carbocycles. The Morgan fingerprint density at radius 2 is 1.69 bits per heavy atom. The SMILES string of the molecule is N#Cc1ccc(CC(c2ccc(Cl)cc2)c2ncc(Cl)cc2F)cc1F. The Labute approximate surface area is 159 Å². The quantitative estimate of drug-likeness (QED) is 0.556. The molecule has 6 heteroatoms. The van der Waals surface area contributed by atoms with Crippen LogP contribution in [0.25, 0.3) is 0 Å². The molecule has 2 aromatic carbocycles. The summed E-state index contributed by atoms with van der Waals surface area (Å²) in [6.07, 6.45) is 1.68. The summed E-state index contributed by atoms with van der Waals surface area (Å²) < 4.78 is 28.4. The van der Waals surface area contributed by atoms with Gasteiger partial charge in [-0.2, -0.15) is 5.26 Å². The Morgan fingerprint density at radius 1 is 0.962 bits per heavy atom. The van der Waals surface area contributed by atoms with Gasteiger partial charge in [-0.25, -0.2) is 8.78 Å². The lowest BCUT2D eigenvalue weighted by molar-refractivity contribution is 0.579. The number of rotatable bonds is 4. The third kappa shape index (κ3) is 4.01. The number of nitrogens with zero attached hydrogens (tertiary/aromatic N) is 2. The molecule has 2 nitrogen and oxygen atoms in total. The van der Waals surface area contributed by atoms with Gasteiger partial charge >= 0.3 is 0 Å². The van der Waals surface area contributed by atoms with Crippen LogP contribution in [0.5, 0.6) is 0 Å². The predicted octanol–water partition coefficient (Wildman–Crippen LogP) is 5.91. The van der Waals surface area contributed by atoms with Gasteiger partial charge in [0.2, 0.25) is 0 Å². The summed E-state index contributed by atoms with van der Waals surface area (Å²) in [5.74, 6) is -1.60. The molecule has 0 bridgehead atoms. The highest BCUT2D eigenvalue weighted by Gasteiger charge is 2.21. The Hall–Kier alpha value is -2.48. The molecule has 1 unspecified atom stereocenters. The topological polar surface area (TPSA) is 36.7 Å². The molecule has 3 aromatic rings. The van der Waals surface area contributed by atoms with Gasteiger partial charge in [0.15, 0.2) is 0 Å². The summed E-state index contributed by atoms with van der Waals surface area (Å²) in [6, 6.07) is 14.3. The minimum Gasteiger partial charge on any atom is -0.256 e. The first kappa shape index (κ1) is 18.3. The molecular formula is C20H12Cl2F2N2. The molecule has 1 heterocycles. The maximum Gasteiger partial charge on any atom is 0.146 e. The predicted molar refractivity (Wildman–Crippen MR) is 97.3 cm³/mol. The van der Waals surface area contributed by atoms with Crippen molar-refractivity contribution in [2.24, 2.45) is 0 Å². The molecule has 0 spiro atoms. The first-order chi connectivity index (χ1) is 12.5. The van der Waals surface area contributed by atoms with Crippen LogP contribution < -0.4 is 0 Å².